The van der Waals surface area contributed by atoms with E-state index in [0.717, 1.165) is 0 Å². The third kappa shape index (κ3) is 5.69. The zero-order chi connectivity index (χ0) is 18.2. The van der Waals surface area contributed by atoms with E-state index in [1.54, 1.807) is 55.5 Å². The number of halogens is 1. The van der Waals surface area contributed by atoms with Gasteiger partial charge >= 0.3 is 0 Å². The lowest BCUT2D eigenvalue weighted by Gasteiger charge is -2.15. The van der Waals surface area contributed by atoms with E-state index in [1.165, 1.54) is 0 Å². The maximum absolute atomic E-state index is 12.0. The molecule has 2 N–H and O–H groups in total. The molecule has 6 nitrogen and oxygen atoms in total. The van der Waals surface area contributed by atoms with Crippen molar-refractivity contribution >= 4 is 23.4 Å². The van der Waals surface area contributed by atoms with E-state index in [2.05, 4.69) is 10.9 Å². The van der Waals surface area contributed by atoms with Gasteiger partial charge in [-0.25, -0.2) is 0 Å². The first-order chi connectivity index (χ1) is 12.0. The molecule has 7 heteroatoms. The molecule has 0 saturated carbocycles. The molecule has 25 heavy (non-hydrogen) atoms. The lowest BCUT2D eigenvalue weighted by Crippen LogP contribution is -2.47. The molecule has 0 radical (unpaired) electrons. The summed E-state index contributed by atoms with van der Waals surface area (Å²) < 4.78 is 10.8. The molecule has 0 spiro atoms. The number of carbonyl (C=O) groups excluding carboxylic acids is 2. The maximum Gasteiger partial charge on any atom is 0.279 e. The fraction of sp³-hybridized carbons (Fsp3) is 0.222. The predicted octanol–water partition coefficient (Wildman–Crippen LogP) is 2.97. The molecular formula is C18H19ClN2O4. The van der Waals surface area contributed by atoms with E-state index in [1.807, 2.05) is 6.92 Å². The van der Waals surface area contributed by atoms with Gasteiger partial charge in [0.05, 0.1) is 6.61 Å². The van der Waals surface area contributed by atoms with E-state index >= 15 is 0 Å². The molecule has 0 aliphatic carbocycles. The molecule has 0 saturated heterocycles. The molecule has 2 aromatic rings. The van der Waals surface area contributed by atoms with Gasteiger partial charge in [-0.3, -0.25) is 20.4 Å². The van der Waals surface area contributed by atoms with Gasteiger partial charge in [-0.2, -0.15) is 0 Å². The Morgan fingerprint density at radius 1 is 1.08 bits per heavy atom. The van der Waals surface area contributed by atoms with Gasteiger partial charge in [0.25, 0.3) is 11.8 Å². The van der Waals surface area contributed by atoms with Gasteiger partial charge < -0.3 is 9.47 Å². The molecular weight excluding hydrogens is 344 g/mol. The van der Waals surface area contributed by atoms with Crippen LogP contribution in [0.25, 0.3) is 0 Å². The van der Waals surface area contributed by atoms with Crippen molar-refractivity contribution < 1.29 is 19.1 Å². The first-order valence-corrected chi connectivity index (χ1v) is 8.12. The molecule has 0 heterocycles. The van der Waals surface area contributed by atoms with Crippen molar-refractivity contribution in [3.05, 3.63) is 59.1 Å². The lowest BCUT2D eigenvalue weighted by molar-refractivity contribution is -0.128. The molecule has 2 rings (SSSR count). The van der Waals surface area contributed by atoms with Gasteiger partial charge in [-0.05, 0) is 56.3 Å². The van der Waals surface area contributed by atoms with E-state index in [9.17, 15) is 9.59 Å². The summed E-state index contributed by atoms with van der Waals surface area (Å²) in [6, 6.07) is 13.3. The number of benzene rings is 2. The molecule has 0 aromatic heterocycles. The summed E-state index contributed by atoms with van der Waals surface area (Å²) in [6.45, 7) is 3.99. The fourth-order valence-electron chi connectivity index (χ4n) is 1.96. The van der Waals surface area contributed by atoms with Crippen molar-refractivity contribution in [3.63, 3.8) is 0 Å². The van der Waals surface area contributed by atoms with Crippen molar-refractivity contribution in [2.75, 3.05) is 6.61 Å². The average molecular weight is 363 g/mol. The number of amides is 2. The van der Waals surface area contributed by atoms with Crippen LogP contribution in [0.4, 0.5) is 0 Å². The van der Waals surface area contributed by atoms with Crippen LogP contribution in [0.3, 0.4) is 0 Å². The topological polar surface area (TPSA) is 76.7 Å². The highest BCUT2D eigenvalue weighted by Gasteiger charge is 2.16. The second kappa shape index (κ2) is 8.94. The van der Waals surface area contributed by atoms with Crippen molar-refractivity contribution in [2.45, 2.75) is 20.0 Å². The summed E-state index contributed by atoms with van der Waals surface area (Å²) in [5.41, 5.74) is 5.07. The maximum atomic E-state index is 12.0. The Morgan fingerprint density at radius 2 is 1.80 bits per heavy atom. The average Bonchev–Trinajstić information content (AvgIpc) is 2.60. The molecule has 2 amide bonds. The minimum absolute atomic E-state index is 0.396. The second-order valence-corrected chi connectivity index (χ2v) is 5.55. The SMILES string of the molecule is CCOc1ccc(C(=O)NNC(=O)C(C)Oc2cccc(Cl)c2)cc1. The molecule has 2 aromatic carbocycles. The van der Waals surface area contributed by atoms with Crippen molar-refractivity contribution in [1.82, 2.24) is 10.9 Å². The van der Waals surface area contributed by atoms with Crippen LogP contribution in [0.15, 0.2) is 48.5 Å². The van der Waals surface area contributed by atoms with Crippen LogP contribution in [0.1, 0.15) is 24.2 Å². The standard InChI is InChI=1S/C18H19ClN2O4/c1-3-24-15-9-7-13(8-10-15)18(23)21-20-17(22)12(2)25-16-6-4-5-14(19)11-16/h4-12H,3H2,1-2H3,(H,20,22)(H,21,23). The minimum atomic E-state index is -0.806. The van der Waals surface area contributed by atoms with Crippen LogP contribution >= 0.6 is 11.6 Å². The Labute approximate surface area is 151 Å². The smallest absolute Gasteiger partial charge is 0.279 e. The summed E-state index contributed by atoms with van der Waals surface area (Å²) in [7, 11) is 0. The summed E-state index contributed by atoms with van der Waals surface area (Å²) in [4.78, 5) is 24.0. The van der Waals surface area contributed by atoms with Gasteiger partial charge in [0.1, 0.15) is 11.5 Å². The normalized spacial score (nSPS) is 11.3. The minimum Gasteiger partial charge on any atom is -0.494 e. The van der Waals surface area contributed by atoms with Crippen LogP contribution in [0.2, 0.25) is 5.02 Å². The third-order valence-corrected chi connectivity index (χ3v) is 3.44. The van der Waals surface area contributed by atoms with Crippen LogP contribution in [-0.2, 0) is 4.79 Å². The van der Waals surface area contributed by atoms with Gasteiger partial charge in [0, 0.05) is 10.6 Å². The Morgan fingerprint density at radius 3 is 2.44 bits per heavy atom. The highest BCUT2D eigenvalue weighted by molar-refractivity contribution is 6.30. The van der Waals surface area contributed by atoms with E-state index in [4.69, 9.17) is 21.1 Å². The Balaban J connectivity index is 1.84. The Bertz CT molecular complexity index is 734. The molecule has 1 atom stereocenters. The highest BCUT2D eigenvalue weighted by Crippen LogP contribution is 2.18. The second-order valence-electron chi connectivity index (χ2n) is 5.12. The highest BCUT2D eigenvalue weighted by atomic mass is 35.5. The predicted molar refractivity (Wildman–Crippen MR) is 94.8 cm³/mol. The number of nitrogens with one attached hydrogen (secondary N) is 2. The number of rotatable bonds is 6. The third-order valence-electron chi connectivity index (χ3n) is 3.20. The van der Waals surface area contributed by atoms with Crippen LogP contribution in [0.5, 0.6) is 11.5 Å². The molecule has 0 aliphatic heterocycles. The Kier molecular flexibility index (Phi) is 6.65. The lowest BCUT2D eigenvalue weighted by atomic mass is 10.2. The van der Waals surface area contributed by atoms with Crippen LogP contribution in [-0.4, -0.2) is 24.5 Å². The molecule has 0 aliphatic rings. The number of carbonyl (C=O) groups is 2. The molecule has 132 valence electrons. The van der Waals surface area contributed by atoms with Gasteiger partial charge in [-0.1, -0.05) is 17.7 Å². The summed E-state index contributed by atoms with van der Waals surface area (Å²) >= 11 is 5.86. The van der Waals surface area contributed by atoms with Gasteiger partial charge in [0.2, 0.25) is 0 Å². The molecule has 1 unspecified atom stereocenters. The van der Waals surface area contributed by atoms with E-state index < -0.39 is 17.9 Å². The zero-order valence-electron chi connectivity index (χ0n) is 13.9. The van der Waals surface area contributed by atoms with E-state index in [-0.39, 0.29) is 0 Å². The number of ether oxygens (including phenoxy) is 2. The molecule has 0 fully saturated rings. The van der Waals surface area contributed by atoms with Gasteiger partial charge in [-0.15, -0.1) is 0 Å². The van der Waals surface area contributed by atoms with Crippen molar-refractivity contribution in [1.29, 1.82) is 0 Å². The summed E-state index contributed by atoms with van der Waals surface area (Å²) in [6.07, 6.45) is -0.806. The fourth-order valence-corrected chi connectivity index (χ4v) is 2.14. The zero-order valence-corrected chi connectivity index (χ0v) is 14.7. The number of hydrogen-bond acceptors (Lipinski definition) is 4. The Hall–Kier alpha value is -2.73. The summed E-state index contributed by atoms with van der Waals surface area (Å²) in [5, 5.41) is 0.508. The van der Waals surface area contributed by atoms with E-state index in [0.29, 0.717) is 28.7 Å². The van der Waals surface area contributed by atoms with Crippen LogP contribution < -0.4 is 20.3 Å². The first-order valence-electron chi connectivity index (χ1n) is 7.75. The first kappa shape index (κ1) is 18.6. The number of hydrazine groups is 1. The van der Waals surface area contributed by atoms with Gasteiger partial charge in [0.15, 0.2) is 6.10 Å². The van der Waals surface area contributed by atoms with Crippen molar-refractivity contribution in [2.24, 2.45) is 0 Å². The monoisotopic (exact) mass is 362 g/mol. The number of hydrogen-bond donors (Lipinski definition) is 2. The van der Waals surface area contributed by atoms with Crippen molar-refractivity contribution in [3.8, 4) is 11.5 Å². The largest absolute Gasteiger partial charge is 0.494 e. The summed E-state index contributed by atoms with van der Waals surface area (Å²) in [5.74, 6) is 0.213. The quantitative estimate of drug-likeness (QED) is 0.774. The molecule has 0 bridgehead atoms. The van der Waals surface area contributed by atoms with Crippen LogP contribution in [0, 0.1) is 0 Å².